The number of aryl methyl sites for hydroxylation is 1. The Morgan fingerprint density at radius 3 is 2.28 bits per heavy atom. The van der Waals surface area contributed by atoms with Crippen LogP contribution in [0.5, 0.6) is 0 Å². The first-order chi connectivity index (χ1) is 8.15. The largest absolute Gasteiger partial charge is 0.388 e. The Morgan fingerprint density at radius 2 is 1.78 bits per heavy atom. The van der Waals surface area contributed by atoms with Crippen molar-refractivity contribution in [1.82, 2.24) is 5.32 Å². The molecule has 0 radical (unpaired) electrons. The first-order valence-electron chi connectivity index (χ1n) is 6.68. The van der Waals surface area contributed by atoms with Crippen molar-refractivity contribution in [3.05, 3.63) is 35.4 Å². The van der Waals surface area contributed by atoms with Gasteiger partial charge in [0.15, 0.2) is 0 Å². The van der Waals surface area contributed by atoms with Crippen LogP contribution in [0.25, 0.3) is 0 Å². The van der Waals surface area contributed by atoms with Gasteiger partial charge < -0.3 is 10.4 Å². The van der Waals surface area contributed by atoms with Crippen LogP contribution >= 0.6 is 12.4 Å². The van der Waals surface area contributed by atoms with E-state index in [0.717, 1.165) is 32.2 Å². The average Bonchev–Trinajstić information content (AvgIpc) is 2.75. The van der Waals surface area contributed by atoms with Crippen molar-refractivity contribution in [3.8, 4) is 0 Å². The fourth-order valence-electron chi connectivity index (χ4n) is 2.86. The molecular weight excluding hydrogens is 246 g/mol. The molecule has 0 heterocycles. The van der Waals surface area contributed by atoms with E-state index in [1.807, 2.05) is 0 Å². The zero-order valence-corrected chi connectivity index (χ0v) is 12.1. The number of hydrogen-bond donors (Lipinski definition) is 2. The SMILES string of the molecule is CCNC(c1ccc(C)cc1)C1(O)CCCC1.Cl. The van der Waals surface area contributed by atoms with Crippen LogP contribution in [-0.2, 0) is 0 Å². The van der Waals surface area contributed by atoms with E-state index in [-0.39, 0.29) is 18.4 Å². The van der Waals surface area contributed by atoms with Crippen LogP contribution in [0.15, 0.2) is 24.3 Å². The highest BCUT2D eigenvalue weighted by Crippen LogP contribution is 2.39. The van der Waals surface area contributed by atoms with Gasteiger partial charge in [0.2, 0.25) is 0 Å². The fourth-order valence-corrected chi connectivity index (χ4v) is 2.86. The van der Waals surface area contributed by atoms with Gasteiger partial charge in [-0.25, -0.2) is 0 Å². The van der Waals surface area contributed by atoms with Crippen LogP contribution in [0.2, 0.25) is 0 Å². The minimum Gasteiger partial charge on any atom is -0.388 e. The number of aliphatic hydroxyl groups is 1. The Balaban J connectivity index is 0.00000162. The summed E-state index contributed by atoms with van der Waals surface area (Å²) in [6.45, 7) is 5.08. The number of likely N-dealkylation sites (N-methyl/N-ethyl adjacent to an activating group) is 1. The van der Waals surface area contributed by atoms with E-state index < -0.39 is 5.60 Å². The smallest absolute Gasteiger partial charge is 0.0841 e. The Labute approximate surface area is 116 Å². The third kappa shape index (κ3) is 3.25. The molecule has 0 bridgehead atoms. The van der Waals surface area contributed by atoms with Crippen molar-refractivity contribution in [2.45, 2.75) is 51.2 Å². The highest BCUT2D eigenvalue weighted by molar-refractivity contribution is 5.85. The standard InChI is InChI=1S/C15H23NO.ClH/c1-3-16-14(15(17)10-4-5-11-15)13-8-6-12(2)7-9-13;/h6-9,14,16-17H,3-5,10-11H2,1-2H3;1H. The lowest BCUT2D eigenvalue weighted by Crippen LogP contribution is -2.41. The van der Waals surface area contributed by atoms with Gasteiger partial charge in [0.05, 0.1) is 11.6 Å². The summed E-state index contributed by atoms with van der Waals surface area (Å²) in [6, 6.07) is 8.60. The molecule has 1 aliphatic rings. The second kappa shape index (κ2) is 6.55. The predicted octanol–water partition coefficient (Wildman–Crippen LogP) is 3.37. The summed E-state index contributed by atoms with van der Waals surface area (Å²) < 4.78 is 0. The molecule has 1 aliphatic carbocycles. The maximum atomic E-state index is 10.7. The number of halogens is 1. The van der Waals surface area contributed by atoms with Gasteiger partial charge in [-0.3, -0.25) is 0 Å². The van der Waals surface area contributed by atoms with E-state index in [1.165, 1.54) is 11.1 Å². The van der Waals surface area contributed by atoms with Gasteiger partial charge in [0.25, 0.3) is 0 Å². The molecule has 3 heteroatoms. The molecule has 0 aromatic heterocycles. The Hall–Kier alpha value is -0.570. The molecule has 2 rings (SSSR count). The molecule has 1 atom stereocenters. The number of benzene rings is 1. The van der Waals surface area contributed by atoms with Crippen LogP contribution < -0.4 is 5.32 Å². The Morgan fingerprint density at radius 1 is 1.22 bits per heavy atom. The van der Waals surface area contributed by atoms with Crippen molar-refractivity contribution in [1.29, 1.82) is 0 Å². The summed E-state index contributed by atoms with van der Waals surface area (Å²) >= 11 is 0. The van der Waals surface area contributed by atoms with Crippen molar-refractivity contribution >= 4 is 12.4 Å². The van der Waals surface area contributed by atoms with Crippen LogP contribution in [-0.4, -0.2) is 17.3 Å². The molecule has 0 aliphatic heterocycles. The van der Waals surface area contributed by atoms with Gasteiger partial charge in [0.1, 0.15) is 0 Å². The lowest BCUT2D eigenvalue weighted by molar-refractivity contribution is 0.00752. The summed E-state index contributed by atoms with van der Waals surface area (Å²) in [5.74, 6) is 0. The van der Waals surface area contributed by atoms with Gasteiger partial charge in [-0.15, -0.1) is 12.4 Å². The summed E-state index contributed by atoms with van der Waals surface area (Å²) in [5, 5.41) is 14.2. The molecule has 0 amide bonds. The monoisotopic (exact) mass is 269 g/mol. The van der Waals surface area contributed by atoms with Crippen molar-refractivity contribution in [3.63, 3.8) is 0 Å². The third-order valence-electron chi connectivity index (χ3n) is 3.83. The molecule has 1 unspecified atom stereocenters. The normalized spacial score (nSPS) is 19.3. The highest BCUT2D eigenvalue weighted by Gasteiger charge is 2.39. The van der Waals surface area contributed by atoms with Gasteiger partial charge >= 0.3 is 0 Å². The molecule has 18 heavy (non-hydrogen) atoms. The van der Waals surface area contributed by atoms with Crippen LogP contribution in [0, 0.1) is 6.92 Å². The molecule has 1 aromatic carbocycles. The van der Waals surface area contributed by atoms with E-state index in [9.17, 15) is 5.11 Å². The lowest BCUT2D eigenvalue weighted by Gasteiger charge is -2.33. The molecule has 1 saturated carbocycles. The molecular formula is C15H24ClNO. The molecule has 2 nitrogen and oxygen atoms in total. The van der Waals surface area contributed by atoms with Crippen molar-refractivity contribution in [2.75, 3.05) is 6.54 Å². The summed E-state index contributed by atoms with van der Waals surface area (Å²) in [5.41, 5.74) is 1.93. The van der Waals surface area contributed by atoms with Crippen molar-refractivity contribution < 1.29 is 5.11 Å². The van der Waals surface area contributed by atoms with Gasteiger partial charge in [-0.2, -0.15) is 0 Å². The van der Waals surface area contributed by atoms with Gasteiger partial charge in [0, 0.05) is 0 Å². The molecule has 1 aromatic rings. The second-order valence-corrected chi connectivity index (χ2v) is 5.21. The van der Waals surface area contributed by atoms with Crippen LogP contribution in [0.3, 0.4) is 0 Å². The number of rotatable bonds is 4. The molecule has 1 fully saturated rings. The number of hydrogen-bond acceptors (Lipinski definition) is 2. The molecule has 0 saturated heterocycles. The highest BCUT2D eigenvalue weighted by atomic mass is 35.5. The van der Waals surface area contributed by atoms with Gasteiger partial charge in [-0.05, 0) is 31.9 Å². The first kappa shape index (κ1) is 15.5. The van der Waals surface area contributed by atoms with Crippen LogP contribution in [0.1, 0.15) is 49.8 Å². The molecule has 2 N–H and O–H groups in total. The topological polar surface area (TPSA) is 32.3 Å². The minimum atomic E-state index is -0.550. The lowest BCUT2D eigenvalue weighted by atomic mass is 9.86. The fraction of sp³-hybridized carbons (Fsp3) is 0.600. The second-order valence-electron chi connectivity index (χ2n) is 5.21. The van der Waals surface area contributed by atoms with Crippen LogP contribution in [0.4, 0.5) is 0 Å². The summed E-state index contributed by atoms with van der Waals surface area (Å²) in [6.07, 6.45) is 4.12. The number of nitrogens with one attached hydrogen (secondary N) is 1. The third-order valence-corrected chi connectivity index (χ3v) is 3.83. The Bertz CT molecular complexity index is 357. The van der Waals surface area contributed by atoms with E-state index in [1.54, 1.807) is 0 Å². The summed E-state index contributed by atoms with van der Waals surface area (Å²) in [7, 11) is 0. The first-order valence-corrected chi connectivity index (χ1v) is 6.68. The maximum Gasteiger partial charge on any atom is 0.0841 e. The minimum absolute atomic E-state index is 0. The average molecular weight is 270 g/mol. The maximum absolute atomic E-state index is 10.7. The zero-order chi connectivity index (χ0) is 12.3. The summed E-state index contributed by atoms with van der Waals surface area (Å²) in [4.78, 5) is 0. The molecule has 0 spiro atoms. The van der Waals surface area contributed by atoms with Crippen molar-refractivity contribution in [2.24, 2.45) is 0 Å². The zero-order valence-electron chi connectivity index (χ0n) is 11.3. The Kier molecular flexibility index (Phi) is 5.64. The van der Waals surface area contributed by atoms with E-state index in [4.69, 9.17) is 0 Å². The van der Waals surface area contributed by atoms with E-state index >= 15 is 0 Å². The van der Waals surface area contributed by atoms with E-state index in [0.29, 0.717) is 0 Å². The predicted molar refractivity (Wildman–Crippen MR) is 78.3 cm³/mol. The van der Waals surface area contributed by atoms with Gasteiger partial charge in [-0.1, -0.05) is 49.6 Å². The quantitative estimate of drug-likeness (QED) is 0.878. The molecule has 102 valence electrons. The van der Waals surface area contributed by atoms with E-state index in [2.05, 4.69) is 43.4 Å².